The van der Waals surface area contributed by atoms with Crippen LogP contribution in [0.15, 0.2) is 0 Å². The Kier molecular flexibility index (Phi) is 3.84. The summed E-state index contributed by atoms with van der Waals surface area (Å²) in [5.74, 6) is 2.54. The van der Waals surface area contributed by atoms with Gasteiger partial charge in [0.05, 0.1) is 12.8 Å². The lowest BCUT2D eigenvalue weighted by molar-refractivity contribution is 0.592. The molecule has 0 aliphatic carbocycles. The molecule has 5 heteroatoms. The lowest BCUT2D eigenvalue weighted by Crippen LogP contribution is -2.22. The summed E-state index contributed by atoms with van der Waals surface area (Å²) < 4.78 is 23.0. The van der Waals surface area contributed by atoms with Crippen LogP contribution < -0.4 is 10.0 Å². The van der Waals surface area contributed by atoms with Gasteiger partial charge in [-0.15, -0.1) is 0 Å². The third-order valence-corrected chi connectivity index (χ3v) is 1.30. The fourth-order valence-corrected chi connectivity index (χ4v) is 0.634. The van der Waals surface area contributed by atoms with E-state index in [1.165, 1.54) is 0 Å². The Balaban J connectivity index is 3.58. The highest BCUT2D eigenvalue weighted by Gasteiger charge is 1.94. The number of rotatable bonds is 2. The van der Waals surface area contributed by atoms with Gasteiger partial charge >= 0.3 is 0 Å². The van der Waals surface area contributed by atoms with Crippen LogP contribution in [0.2, 0.25) is 0 Å². The monoisotopic (exact) mass is 162 g/mol. The van der Waals surface area contributed by atoms with Gasteiger partial charge in [-0.25, -0.2) is 13.1 Å². The first kappa shape index (κ1) is 9.27. The smallest absolute Gasteiger partial charge is 0.209 e. The number of nitrogens with one attached hydrogen (secondary N) is 2. The second-order valence-corrected chi connectivity index (χ2v) is 3.48. The minimum absolute atomic E-state index is 0.152. The van der Waals surface area contributed by atoms with Gasteiger partial charge in [0.1, 0.15) is 0 Å². The molecule has 0 heterocycles. The lowest BCUT2D eigenvalue weighted by atomic mass is 10.7. The maximum Gasteiger partial charge on any atom is 0.209 e. The van der Waals surface area contributed by atoms with Crippen molar-refractivity contribution in [2.45, 2.75) is 0 Å². The van der Waals surface area contributed by atoms with Gasteiger partial charge in [-0.3, -0.25) is 0 Å². The largest absolute Gasteiger partial charge is 0.349 e. The SMILES string of the molecule is CNC#CCNS(C)(=O)=O. The van der Waals surface area contributed by atoms with Crippen molar-refractivity contribution in [3.8, 4) is 12.0 Å². The summed E-state index contributed by atoms with van der Waals surface area (Å²) >= 11 is 0. The van der Waals surface area contributed by atoms with Crippen LogP contribution in [-0.2, 0) is 10.0 Å². The summed E-state index contributed by atoms with van der Waals surface area (Å²) in [5, 5.41) is 2.56. The Hall–Kier alpha value is -0.730. The van der Waals surface area contributed by atoms with Gasteiger partial charge in [-0.05, 0) is 0 Å². The van der Waals surface area contributed by atoms with Crippen LogP contribution in [0.5, 0.6) is 0 Å². The molecule has 0 atom stereocenters. The molecule has 0 saturated heterocycles. The Morgan fingerprint density at radius 3 is 2.50 bits per heavy atom. The van der Waals surface area contributed by atoms with Gasteiger partial charge < -0.3 is 5.32 Å². The molecule has 0 spiro atoms. The van der Waals surface area contributed by atoms with Gasteiger partial charge in [0.15, 0.2) is 0 Å². The summed E-state index contributed by atoms with van der Waals surface area (Å²) in [6.45, 7) is 0.152. The van der Waals surface area contributed by atoms with E-state index >= 15 is 0 Å². The molecule has 0 aromatic rings. The molecule has 0 aromatic carbocycles. The third kappa shape index (κ3) is 7.27. The van der Waals surface area contributed by atoms with Crippen molar-refractivity contribution in [2.75, 3.05) is 19.8 Å². The van der Waals surface area contributed by atoms with Gasteiger partial charge in [0, 0.05) is 13.1 Å². The van der Waals surface area contributed by atoms with Crippen LogP contribution in [0.1, 0.15) is 0 Å². The van der Waals surface area contributed by atoms with Crippen molar-refractivity contribution < 1.29 is 8.42 Å². The van der Waals surface area contributed by atoms with Crippen molar-refractivity contribution >= 4 is 10.0 Å². The first-order valence-corrected chi connectivity index (χ1v) is 4.54. The van der Waals surface area contributed by atoms with E-state index in [1.54, 1.807) is 7.05 Å². The number of sulfonamides is 1. The normalized spacial score (nSPS) is 9.80. The van der Waals surface area contributed by atoms with Crippen molar-refractivity contribution in [3.63, 3.8) is 0 Å². The number of hydrogen-bond donors (Lipinski definition) is 2. The number of hydrogen-bond acceptors (Lipinski definition) is 3. The van der Waals surface area contributed by atoms with E-state index in [4.69, 9.17) is 0 Å². The zero-order valence-electron chi connectivity index (χ0n) is 5.93. The molecule has 10 heavy (non-hydrogen) atoms. The average molecular weight is 162 g/mol. The Labute approximate surface area is 61.1 Å². The summed E-state index contributed by atoms with van der Waals surface area (Å²) in [4.78, 5) is 0. The van der Waals surface area contributed by atoms with Crippen LogP contribution in [-0.4, -0.2) is 28.3 Å². The predicted octanol–water partition coefficient (Wildman–Crippen LogP) is -1.28. The van der Waals surface area contributed by atoms with E-state index in [0.29, 0.717) is 0 Å². The molecule has 0 amide bonds. The van der Waals surface area contributed by atoms with Crippen LogP contribution in [0.4, 0.5) is 0 Å². The summed E-state index contributed by atoms with van der Waals surface area (Å²) in [6, 6.07) is 2.49. The average Bonchev–Trinajstić information content (AvgIpc) is 1.78. The Morgan fingerprint density at radius 2 is 2.10 bits per heavy atom. The molecular formula is C5H10N2O2S. The van der Waals surface area contributed by atoms with E-state index in [0.717, 1.165) is 6.26 Å². The summed E-state index contributed by atoms with van der Waals surface area (Å²) in [6.07, 6.45) is 1.09. The van der Waals surface area contributed by atoms with Crippen molar-refractivity contribution in [1.82, 2.24) is 10.0 Å². The quantitative estimate of drug-likeness (QED) is 0.392. The summed E-state index contributed by atoms with van der Waals surface area (Å²) in [7, 11) is -1.42. The molecule has 0 bridgehead atoms. The van der Waals surface area contributed by atoms with E-state index < -0.39 is 10.0 Å². The minimum atomic E-state index is -3.08. The first-order valence-electron chi connectivity index (χ1n) is 2.65. The topological polar surface area (TPSA) is 58.2 Å². The molecule has 0 saturated carbocycles. The van der Waals surface area contributed by atoms with Crippen LogP contribution in [0.3, 0.4) is 0 Å². The maximum absolute atomic E-state index is 10.4. The van der Waals surface area contributed by atoms with Crippen molar-refractivity contribution in [1.29, 1.82) is 0 Å². The van der Waals surface area contributed by atoms with Crippen molar-refractivity contribution in [2.24, 2.45) is 0 Å². The Morgan fingerprint density at radius 1 is 1.50 bits per heavy atom. The van der Waals surface area contributed by atoms with E-state index in [9.17, 15) is 8.42 Å². The van der Waals surface area contributed by atoms with Crippen LogP contribution in [0, 0.1) is 12.0 Å². The molecule has 0 rings (SSSR count). The maximum atomic E-state index is 10.4. The highest BCUT2D eigenvalue weighted by molar-refractivity contribution is 7.88. The van der Waals surface area contributed by atoms with Crippen molar-refractivity contribution in [3.05, 3.63) is 0 Å². The molecule has 0 unspecified atom stereocenters. The Bertz CT molecular complexity index is 234. The molecule has 0 aliphatic heterocycles. The minimum Gasteiger partial charge on any atom is -0.349 e. The zero-order chi connectivity index (χ0) is 8.04. The second kappa shape index (κ2) is 4.14. The second-order valence-electron chi connectivity index (χ2n) is 1.65. The van der Waals surface area contributed by atoms with Crippen LogP contribution >= 0.6 is 0 Å². The fourth-order valence-electron chi connectivity index (χ4n) is 0.300. The summed E-state index contributed by atoms with van der Waals surface area (Å²) in [5.41, 5.74) is 0. The third-order valence-electron chi connectivity index (χ3n) is 0.636. The molecule has 4 nitrogen and oxygen atoms in total. The molecule has 58 valence electrons. The van der Waals surface area contributed by atoms with E-state index in [1.807, 2.05) is 0 Å². The van der Waals surface area contributed by atoms with Crippen LogP contribution in [0.25, 0.3) is 0 Å². The van der Waals surface area contributed by atoms with E-state index in [-0.39, 0.29) is 6.54 Å². The fraction of sp³-hybridized carbons (Fsp3) is 0.600. The first-order chi connectivity index (χ1) is 4.56. The van der Waals surface area contributed by atoms with Gasteiger partial charge in [0.25, 0.3) is 0 Å². The molecule has 0 aromatic heterocycles. The van der Waals surface area contributed by atoms with Gasteiger partial charge in [-0.1, -0.05) is 5.92 Å². The molecule has 2 N–H and O–H groups in total. The zero-order valence-corrected chi connectivity index (χ0v) is 6.75. The molecule has 0 aliphatic rings. The molecule has 0 radical (unpaired) electrons. The highest BCUT2D eigenvalue weighted by Crippen LogP contribution is 1.68. The standard InChI is InChI=1S/C5H10N2O2S/c1-6-4-3-5-7-10(2,8)9/h6-7H,5H2,1-2H3. The molecule has 0 fully saturated rings. The lowest BCUT2D eigenvalue weighted by Gasteiger charge is -1.92. The van der Waals surface area contributed by atoms with Gasteiger partial charge in [-0.2, -0.15) is 0 Å². The molecular weight excluding hydrogens is 152 g/mol. The van der Waals surface area contributed by atoms with Gasteiger partial charge in [0.2, 0.25) is 10.0 Å². The predicted molar refractivity (Wildman–Crippen MR) is 39.7 cm³/mol. The highest BCUT2D eigenvalue weighted by atomic mass is 32.2. The van der Waals surface area contributed by atoms with E-state index in [2.05, 4.69) is 22.0 Å².